The van der Waals surface area contributed by atoms with Gasteiger partial charge in [-0.1, -0.05) is 38.1 Å². The minimum Gasteiger partial charge on any atom is -0.309 e. The molecule has 1 fully saturated rings. The summed E-state index contributed by atoms with van der Waals surface area (Å²) in [5.41, 5.74) is 1.29. The SMILES string of the molecule is CC(C)(C)c1nnsc1C1CCCCCN1. The zero-order chi connectivity index (χ0) is 11.6. The van der Waals surface area contributed by atoms with Crippen molar-refractivity contribution in [3.63, 3.8) is 0 Å². The normalized spacial score (nSPS) is 23.1. The maximum Gasteiger partial charge on any atom is 0.0857 e. The number of rotatable bonds is 1. The highest BCUT2D eigenvalue weighted by Gasteiger charge is 2.27. The lowest BCUT2D eigenvalue weighted by atomic mass is 9.89. The number of nitrogens with zero attached hydrogens (tertiary/aromatic N) is 2. The van der Waals surface area contributed by atoms with Crippen LogP contribution >= 0.6 is 11.5 Å². The summed E-state index contributed by atoms with van der Waals surface area (Å²) in [6, 6.07) is 0.483. The van der Waals surface area contributed by atoms with Crippen molar-refractivity contribution >= 4 is 11.5 Å². The van der Waals surface area contributed by atoms with Crippen molar-refractivity contribution in [3.8, 4) is 0 Å². The highest BCUT2D eigenvalue weighted by Crippen LogP contribution is 2.33. The first-order valence-corrected chi connectivity index (χ1v) is 6.92. The van der Waals surface area contributed by atoms with Crippen molar-refractivity contribution in [1.82, 2.24) is 14.9 Å². The van der Waals surface area contributed by atoms with E-state index in [0.717, 1.165) is 6.54 Å². The Labute approximate surface area is 102 Å². The molecule has 1 saturated heterocycles. The first-order chi connectivity index (χ1) is 7.59. The molecular weight excluding hydrogens is 218 g/mol. The fourth-order valence-corrected chi connectivity index (χ4v) is 3.17. The predicted octanol–water partition coefficient (Wildman–Crippen LogP) is 3.04. The molecule has 4 heteroatoms. The molecule has 2 rings (SSSR count). The molecule has 0 aliphatic carbocycles. The van der Waals surface area contributed by atoms with Crippen LogP contribution in [0.25, 0.3) is 0 Å². The molecule has 3 nitrogen and oxygen atoms in total. The van der Waals surface area contributed by atoms with E-state index in [-0.39, 0.29) is 5.41 Å². The lowest BCUT2D eigenvalue weighted by molar-refractivity contribution is 0.506. The lowest BCUT2D eigenvalue weighted by Crippen LogP contribution is -2.23. The summed E-state index contributed by atoms with van der Waals surface area (Å²) in [6.45, 7) is 7.77. The molecule has 1 unspecified atom stereocenters. The van der Waals surface area contributed by atoms with E-state index in [1.807, 2.05) is 0 Å². The van der Waals surface area contributed by atoms with Crippen LogP contribution in [0.15, 0.2) is 0 Å². The van der Waals surface area contributed by atoms with Gasteiger partial charge in [-0.2, -0.15) is 0 Å². The standard InChI is InChI=1S/C12H21N3S/c1-12(2,3)11-10(16-15-14-11)9-7-5-4-6-8-13-9/h9,13H,4-8H2,1-3H3. The minimum absolute atomic E-state index is 0.107. The van der Waals surface area contributed by atoms with Gasteiger partial charge in [-0.15, -0.1) is 5.10 Å². The molecule has 1 atom stereocenters. The Morgan fingerprint density at radius 3 is 2.81 bits per heavy atom. The molecule has 0 bridgehead atoms. The molecule has 1 aromatic rings. The van der Waals surface area contributed by atoms with Crippen LogP contribution in [-0.2, 0) is 5.41 Å². The molecule has 0 aromatic carbocycles. The van der Waals surface area contributed by atoms with Gasteiger partial charge < -0.3 is 5.32 Å². The Morgan fingerprint density at radius 1 is 1.25 bits per heavy atom. The Balaban J connectivity index is 2.22. The summed E-state index contributed by atoms with van der Waals surface area (Å²) in [5.74, 6) is 0. The summed E-state index contributed by atoms with van der Waals surface area (Å²) >= 11 is 1.57. The Bertz CT molecular complexity index is 332. The smallest absolute Gasteiger partial charge is 0.0857 e. The molecule has 0 saturated carbocycles. The van der Waals surface area contributed by atoms with E-state index in [9.17, 15) is 0 Å². The van der Waals surface area contributed by atoms with Crippen LogP contribution in [0.4, 0.5) is 0 Å². The molecule has 1 aliphatic heterocycles. The predicted molar refractivity (Wildman–Crippen MR) is 67.8 cm³/mol. The van der Waals surface area contributed by atoms with Crippen LogP contribution in [0.5, 0.6) is 0 Å². The van der Waals surface area contributed by atoms with E-state index in [0.29, 0.717) is 6.04 Å². The van der Waals surface area contributed by atoms with Gasteiger partial charge in [-0.3, -0.25) is 0 Å². The summed E-state index contributed by atoms with van der Waals surface area (Å²) in [4.78, 5) is 1.36. The maximum absolute atomic E-state index is 4.32. The Kier molecular flexibility index (Phi) is 3.60. The molecule has 1 aromatic heterocycles. The summed E-state index contributed by atoms with van der Waals surface area (Å²) in [5, 5.41) is 7.95. The van der Waals surface area contributed by atoms with Gasteiger partial charge >= 0.3 is 0 Å². The average Bonchev–Trinajstić information content (AvgIpc) is 2.55. The second kappa shape index (κ2) is 4.80. The van der Waals surface area contributed by atoms with Gasteiger partial charge in [0.15, 0.2) is 0 Å². The van der Waals surface area contributed by atoms with Crippen molar-refractivity contribution in [2.45, 2.75) is 57.9 Å². The third kappa shape index (κ3) is 2.61. The fraction of sp³-hybridized carbons (Fsp3) is 0.833. The lowest BCUT2D eigenvalue weighted by Gasteiger charge is -2.21. The molecule has 0 amide bonds. The van der Waals surface area contributed by atoms with Crippen LogP contribution in [0.3, 0.4) is 0 Å². The zero-order valence-electron chi connectivity index (χ0n) is 10.4. The van der Waals surface area contributed by atoms with Crippen LogP contribution in [0.1, 0.15) is 63.1 Å². The second-order valence-electron chi connectivity index (χ2n) is 5.59. The number of aromatic nitrogens is 2. The molecule has 0 spiro atoms. The fourth-order valence-electron chi connectivity index (χ4n) is 2.20. The van der Waals surface area contributed by atoms with E-state index in [1.54, 1.807) is 11.5 Å². The number of hydrogen-bond donors (Lipinski definition) is 1. The second-order valence-corrected chi connectivity index (χ2v) is 6.38. The summed E-state index contributed by atoms with van der Waals surface area (Å²) in [7, 11) is 0. The van der Waals surface area contributed by atoms with Gasteiger partial charge in [0, 0.05) is 11.5 Å². The van der Waals surface area contributed by atoms with E-state index >= 15 is 0 Å². The number of nitrogens with one attached hydrogen (secondary N) is 1. The Morgan fingerprint density at radius 2 is 2.06 bits per heavy atom. The average molecular weight is 239 g/mol. The molecule has 1 aliphatic rings. The summed E-state index contributed by atoms with van der Waals surface area (Å²) in [6.07, 6.45) is 5.19. The largest absolute Gasteiger partial charge is 0.309 e. The van der Waals surface area contributed by atoms with Crippen molar-refractivity contribution < 1.29 is 0 Å². The van der Waals surface area contributed by atoms with E-state index in [4.69, 9.17) is 0 Å². The van der Waals surface area contributed by atoms with Crippen molar-refractivity contribution in [2.75, 3.05) is 6.54 Å². The highest BCUT2D eigenvalue weighted by molar-refractivity contribution is 7.05. The first kappa shape index (κ1) is 12.0. The van der Waals surface area contributed by atoms with Gasteiger partial charge in [0.25, 0.3) is 0 Å². The van der Waals surface area contributed by atoms with Crippen LogP contribution < -0.4 is 5.32 Å². The van der Waals surface area contributed by atoms with Crippen molar-refractivity contribution in [1.29, 1.82) is 0 Å². The highest BCUT2D eigenvalue weighted by atomic mass is 32.1. The van der Waals surface area contributed by atoms with Crippen LogP contribution in [0.2, 0.25) is 0 Å². The van der Waals surface area contributed by atoms with E-state index in [2.05, 4.69) is 35.7 Å². The molecule has 0 radical (unpaired) electrons. The van der Waals surface area contributed by atoms with E-state index < -0.39 is 0 Å². The topological polar surface area (TPSA) is 37.8 Å². The zero-order valence-corrected chi connectivity index (χ0v) is 11.2. The summed E-state index contributed by atoms with van der Waals surface area (Å²) < 4.78 is 4.15. The van der Waals surface area contributed by atoms with Crippen molar-refractivity contribution in [3.05, 3.63) is 10.6 Å². The van der Waals surface area contributed by atoms with Gasteiger partial charge in [0.05, 0.1) is 10.6 Å². The Hall–Kier alpha value is -0.480. The maximum atomic E-state index is 4.32. The van der Waals surface area contributed by atoms with E-state index in [1.165, 1.54) is 36.3 Å². The monoisotopic (exact) mass is 239 g/mol. The molecular formula is C12H21N3S. The first-order valence-electron chi connectivity index (χ1n) is 6.15. The van der Waals surface area contributed by atoms with Crippen LogP contribution in [-0.4, -0.2) is 16.1 Å². The third-order valence-corrected chi connectivity index (χ3v) is 3.94. The van der Waals surface area contributed by atoms with Gasteiger partial charge in [-0.05, 0) is 30.9 Å². The van der Waals surface area contributed by atoms with Gasteiger partial charge in [0.2, 0.25) is 0 Å². The quantitative estimate of drug-likeness (QED) is 0.818. The number of hydrogen-bond acceptors (Lipinski definition) is 4. The van der Waals surface area contributed by atoms with Crippen molar-refractivity contribution in [2.24, 2.45) is 0 Å². The minimum atomic E-state index is 0.107. The third-order valence-electron chi connectivity index (χ3n) is 3.10. The molecule has 1 N–H and O–H groups in total. The van der Waals surface area contributed by atoms with Gasteiger partial charge in [0.1, 0.15) is 0 Å². The molecule has 90 valence electrons. The molecule has 16 heavy (non-hydrogen) atoms. The van der Waals surface area contributed by atoms with Crippen LogP contribution in [0, 0.1) is 0 Å². The van der Waals surface area contributed by atoms with Gasteiger partial charge in [-0.25, -0.2) is 0 Å². The molecule has 2 heterocycles.